The summed E-state index contributed by atoms with van der Waals surface area (Å²) in [4.78, 5) is 7.39. The van der Waals surface area contributed by atoms with Crippen molar-refractivity contribution in [3.63, 3.8) is 0 Å². The zero-order valence-corrected chi connectivity index (χ0v) is 14.5. The third-order valence-electron chi connectivity index (χ3n) is 4.15. The van der Waals surface area contributed by atoms with Crippen LogP contribution in [-0.4, -0.2) is 48.5 Å². The van der Waals surface area contributed by atoms with E-state index in [1.54, 1.807) is 0 Å². The Balaban J connectivity index is 1.71. The highest BCUT2D eigenvalue weighted by Gasteiger charge is 2.11. The molecule has 0 atom stereocenters. The van der Waals surface area contributed by atoms with Gasteiger partial charge in [-0.1, -0.05) is 11.6 Å². The van der Waals surface area contributed by atoms with Gasteiger partial charge < -0.3 is 4.74 Å². The molecule has 0 bridgehead atoms. The number of fused-ring (bicyclic) bond motifs is 1. The van der Waals surface area contributed by atoms with E-state index in [4.69, 9.17) is 9.72 Å². The molecule has 1 aliphatic heterocycles. The number of thioether (sulfide) groups is 1. The summed E-state index contributed by atoms with van der Waals surface area (Å²) in [5.41, 5.74) is 5.00. The minimum absolute atomic E-state index is 0.871. The normalized spacial score (nSPS) is 16.3. The smallest absolute Gasteiger partial charge is 0.0997 e. The van der Waals surface area contributed by atoms with Gasteiger partial charge in [0.15, 0.2) is 0 Å². The summed E-state index contributed by atoms with van der Waals surface area (Å²) >= 11 is 1.87. The van der Waals surface area contributed by atoms with E-state index in [0.29, 0.717) is 0 Å². The molecule has 0 spiro atoms. The van der Waals surface area contributed by atoms with Gasteiger partial charge in [-0.25, -0.2) is 4.98 Å². The van der Waals surface area contributed by atoms with Gasteiger partial charge >= 0.3 is 0 Å². The first-order valence-electron chi connectivity index (χ1n) is 7.95. The molecule has 2 aromatic rings. The van der Waals surface area contributed by atoms with Crippen LogP contribution in [-0.2, 0) is 4.74 Å². The summed E-state index contributed by atoms with van der Waals surface area (Å²) in [7, 11) is 0. The number of morpholine rings is 1. The van der Waals surface area contributed by atoms with E-state index in [1.807, 2.05) is 11.8 Å². The number of pyridine rings is 1. The molecule has 0 N–H and O–H groups in total. The lowest BCUT2D eigenvalue weighted by Gasteiger charge is -2.26. The first-order chi connectivity index (χ1) is 10.6. The predicted octanol–water partition coefficient (Wildman–Crippen LogP) is 3.58. The summed E-state index contributed by atoms with van der Waals surface area (Å²) < 4.78 is 5.39. The fourth-order valence-corrected chi connectivity index (χ4v) is 3.97. The van der Waals surface area contributed by atoms with E-state index in [0.717, 1.165) is 44.1 Å². The van der Waals surface area contributed by atoms with Crippen molar-refractivity contribution in [2.75, 3.05) is 38.6 Å². The van der Waals surface area contributed by atoms with Crippen molar-refractivity contribution >= 4 is 22.7 Å². The second-order valence-electron chi connectivity index (χ2n) is 6.07. The van der Waals surface area contributed by atoms with E-state index in [9.17, 15) is 0 Å². The number of hydrogen-bond donors (Lipinski definition) is 0. The van der Waals surface area contributed by atoms with Gasteiger partial charge in [0, 0.05) is 30.8 Å². The van der Waals surface area contributed by atoms with Crippen molar-refractivity contribution < 1.29 is 4.74 Å². The van der Waals surface area contributed by atoms with Crippen LogP contribution in [0, 0.1) is 20.8 Å². The Morgan fingerprint density at radius 3 is 2.64 bits per heavy atom. The van der Waals surface area contributed by atoms with Gasteiger partial charge in [0.25, 0.3) is 0 Å². The molecule has 0 unspecified atom stereocenters. The van der Waals surface area contributed by atoms with E-state index in [-0.39, 0.29) is 0 Å². The van der Waals surface area contributed by atoms with Gasteiger partial charge in [-0.2, -0.15) is 0 Å². The van der Waals surface area contributed by atoms with Crippen LogP contribution in [0.2, 0.25) is 0 Å². The molecule has 4 heteroatoms. The maximum absolute atomic E-state index is 5.39. The zero-order chi connectivity index (χ0) is 15.5. The molecule has 0 saturated carbocycles. The number of ether oxygens (including phenoxy) is 1. The molecule has 1 aliphatic rings. The number of aryl methyl sites for hydroxylation is 3. The maximum Gasteiger partial charge on any atom is 0.0997 e. The second-order valence-corrected chi connectivity index (χ2v) is 7.15. The van der Waals surface area contributed by atoms with Gasteiger partial charge in [-0.15, -0.1) is 11.8 Å². The van der Waals surface area contributed by atoms with Crippen LogP contribution in [0.4, 0.5) is 0 Å². The molecule has 118 valence electrons. The Kier molecular flexibility index (Phi) is 5.01. The van der Waals surface area contributed by atoms with Crippen LogP contribution < -0.4 is 0 Å². The molecular weight excluding hydrogens is 292 g/mol. The number of hydrogen-bond acceptors (Lipinski definition) is 4. The molecule has 0 aliphatic carbocycles. The molecule has 3 rings (SSSR count). The summed E-state index contributed by atoms with van der Waals surface area (Å²) in [6.45, 7) is 11.4. The van der Waals surface area contributed by atoms with Crippen LogP contribution in [0.3, 0.4) is 0 Å². The van der Waals surface area contributed by atoms with Crippen molar-refractivity contribution in [3.8, 4) is 0 Å². The van der Waals surface area contributed by atoms with Crippen molar-refractivity contribution in [1.82, 2.24) is 9.88 Å². The second kappa shape index (κ2) is 6.99. The largest absolute Gasteiger partial charge is 0.379 e. The fourth-order valence-electron chi connectivity index (χ4n) is 2.98. The Labute approximate surface area is 137 Å². The summed E-state index contributed by atoms with van der Waals surface area (Å²) in [6.07, 6.45) is 0. The quantitative estimate of drug-likeness (QED) is 0.805. The molecule has 0 radical (unpaired) electrons. The minimum Gasteiger partial charge on any atom is -0.379 e. The lowest BCUT2D eigenvalue weighted by atomic mass is 10.1. The molecule has 1 fully saturated rings. The van der Waals surface area contributed by atoms with Gasteiger partial charge in [-0.05, 0) is 44.0 Å². The topological polar surface area (TPSA) is 25.4 Å². The van der Waals surface area contributed by atoms with Crippen LogP contribution >= 0.6 is 11.8 Å². The summed E-state index contributed by atoms with van der Waals surface area (Å²) in [6, 6.07) is 6.72. The zero-order valence-electron chi connectivity index (χ0n) is 13.7. The monoisotopic (exact) mass is 316 g/mol. The average Bonchev–Trinajstić information content (AvgIpc) is 2.49. The third-order valence-corrected chi connectivity index (χ3v) is 5.22. The summed E-state index contributed by atoms with van der Waals surface area (Å²) in [5, 5.41) is 2.43. The Hall–Kier alpha value is -1.10. The Morgan fingerprint density at radius 1 is 1.09 bits per heavy atom. The average molecular weight is 316 g/mol. The highest BCUT2D eigenvalue weighted by molar-refractivity contribution is 7.99. The van der Waals surface area contributed by atoms with Crippen LogP contribution in [0.5, 0.6) is 0 Å². The van der Waals surface area contributed by atoms with Crippen LogP contribution in [0.15, 0.2) is 23.2 Å². The van der Waals surface area contributed by atoms with Crippen molar-refractivity contribution in [1.29, 1.82) is 0 Å². The SMILES string of the molecule is Cc1cc(C)c2nc(SCCN3CCOCC3)c(C)cc2c1. The third kappa shape index (κ3) is 3.62. The molecule has 3 nitrogen and oxygen atoms in total. The first-order valence-corrected chi connectivity index (χ1v) is 8.93. The van der Waals surface area contributed by atoms with Gasteiger partial charge in [0.1, 0.15) is 0 Å². The molecule has 0 amide bonds. The van der Waals surface area contributed by atoms with E-state index < -0.39 is 0 Å². The van der Waals surface area contributed by atoms with Gasteiger partial charge in [0.05, 0.1) is 23.8 Å². The lowest BCUT2D eigenvalue weighted by molar-refractivity contribution is 0.0410. The maximum atomic E-state index is 5.39. The van der Waals surface area contributed by atoms with Crippen molar-refractivity contribution in [2.24, 2.45) is 0 Å². The van der Waals surface area contributed by atoms with Gasteiger partial charge in [-0.3, -0.25) is 4.90 Å². The molecular formula is C18H24N2OS. The number of benzene rings is 1. The number of rotatable bonds is 4. The Bertz CT molecular complexity index is 666. The van der Waals surface area contributed by atoms with E-state index >= 15 is 0 Å². The Morgan fingerprint density at radius 2 is 1.86 bits per heavy atom. The summed E-state index contributed by atoms with van der Waals surface area (Å²) in [5.74, 6) is 1.09. The predicted molar refractivity (Wildman–Crippen MR) is 93.9 cm³/mol. The van der Waals surface area contributed by atoms with E-state index in [2.05, 4.69) is 43.9 Å². The molecule has 1 aromatic heterocycles. The standard InChI is InChI=1S/C18H24N2OS/c1-13-10-14(2)17-16(11-13)12-15(3)18(19-17)22-9-6-20-4-7-21-8-5-20/h10-12H,4-9H2,1-3H3. The molecule has 22 heavy (non-hydrogen) atoms. The highest BCUT2D eigenvalue weighted by atomic mass is 32.2. The molecule has 2 heterocycles. The van der Waals surface area contributed by atoms with Gasteiger partial charge in [0.2, 0.25) is 0 Å². The van der Waals surface area contributed by atoms with E-state index in [1.165, 1.54) is 27.1 Å². The molecule has 1 aromatic carbocycles. The fraction of sp³-hybridized carbons (Fsp3) is 0.500. The van der Waals surface area contributed by atoms with Crippen molar-refractivity contribution in [2.45, 2.75) is 25.8 Å². The first kappa shape index (κ1) is 15.8. The van der Waals surface area contributed by atoms with Crippen LogP contribution in [0.1, 0.15) is 16.7 Å². The number of nitrogens with zero attached hydrogens (tertiary/aromatic N) is 2. The number of aromatic nitrogens is 1. The minimum atomic E-state index is 0.871. The molecule has 1 saturated heterocycles. The van der Waals surface area contributed by atoms with Crippen molar-refractivity contribution in [3.05, 3.63) is 34.9 Å². The lowest BCUT2D eigenvalue weighted by Crippen LogP contribution is -2.37. The highest BCUT2D eigenvalue weighted by Crippen LogP contribution is 2.27. The van der Waals surface area contributed by atoms with Crippen LogP contribution in [0.25, 0.3) is 10.9 Å².